The van der Waals surface area contributed by atoms with Gasteiger partial charge in [0.2, 0.25) is 0 Å². The number of nitrogens with zero attached hydrogens (tertiary/aromatic N) is 2. The van der Waals surface area contributed by atoms with Gasteiger partial charge in [-0.15, -0.1) is 0 Å². The normalized spacial score (nSPS) is 17.8. The Morgan fingerprint density at radius 1 is 0.970 bits per heavy atom. The van der Waals surface area contributed by atoms with E-state index in [9.17, 15) is 19.8 Å². The summed E-state index contributed by atoms with van der Waals surface area (Å²) in [5, 5.41) is 21.6. The number of rotatable bonds is 3. The van der Waals surface area contributed by atoms with Gasteiger partial charge in [-0.1, -0.05) is 59.4 Å². The van der Waals surface area contributed by atoms with Gasteiger partial charge in [0.15, 0.2) is 5.13 Å². The van der Waals surface area contributed by atoms with Gasteiger partial charge in [-0.25, -0.2) is 4.98 Å². The molecule has 1 atom stereocenters. The molecule has 2 heterocycles. The minimum Gasteiger partial charge on any atom is -0.508 e. The molecule has 2 N–H and O–H groups in total. The summed E-state index contributed by atoms with van der Waals surface area (Å²) in [6.45, 7) is 3.89. The molecule has 164 valence electrons. The number of aliphatic hydroxyl groups excluding tert-OH is 1. The van der Waals surface area contributed by atoms with E-state index in [4.69, 9.17) is 0 Å². The van der Waals surface area contributed by atoms with Crippen LogP contribution >= 0.6 is 11.3 Å². The standard InChI is InChI=1S/C26H20N2O4S/c1-14-6-9-16(10-7-14)23(30)21-22(17-4-3-5-18(29)13-17)28(25(32)24(21)31)26-27-19-11-8-15(2)12-20(19)33-26/h3-13,22,29-30H,1-2H3/b23-21+. The van der Waals surface area contributed by atoms with Crippen LogP contribution in [0.3, 0.4) is 0 Å². The lowest BCUT2D eigenvalue weighted by Gasteiger charge is -2.23. The van der Waals surface area contributed by atoms with E-state index in [1.807, 2.05) is 44.2 Å². The topological polar surface area (TPSA) is 90.7 Å². The molecule has 6 nitrogen and oxygen atoms in total. The molecule has 0 aliphatic carbocycles. The molecule has 33 heavy (non-hydrogen) atoms. The number of anilines is 1. The summed E-state index contributed by atoms with van der Waals surface area (Å²) in [7, 11) is 0. The van der Waals surface area contributed by atoms with Crippen molar-refractivity contribution in [3.63, 3.8) is 0 Å². The number of ketones is 1. The van der Waals surface area contributed by atoms with Crippen molar-refractivity contribution in [3.8, 4) is 5.75 Å². The Morgan fingerprint density at radius 3 is 2.42 bits per heavy atom. The largest absolute Gasteiger partial charge is 0.508 e. The van der Waals surface area contributed by atoms with E-state index >= 15 is 0 Å². The summed E-state index contributed by atoms with van der Waals surface area (Å²) in [4.78, 5) is 32.4. The van der Waals surface area contributed by atoms with Gasteiger partial charge >= 0.3 is 5.91 Å². The van der Waals surface area contributed by atoms with Crippen LogP contribution in [0.5, 0.6) is 5.75 Å². The first-order valence-electron chi connectivity index (χ1n) is 10.4. The molecule has 1 aromatic heterocycles. The molecule has 3 aromatic carbocycles. The van der Waals surface area contributed by atoms with Gasteiger partial charge < -0.3 is 10.2 Å². The van der Waals surface area contributed by atoms with Crippen LogP contribution < -0.4 is 4.90 Å². The molecule has 1 unspecified atom stereocenters. The number of amides is 1. The predicted molar refractivity (Wildman–Crippen MR) is 128 cm³/mol. The van der Waals surface area contributed by atoms with Crippen LogP contribution in [0.2, 0.25) is 0 Å². The van der Waals surface area contributed by atoms with Gasteiger partial charge in [-0.3, -0.25) is 14.5 Å². The Bertz CT molecular complexity index is 1450. The summed E-state index contributed by atoms with van der Waals surface area (Å²) in [6.07, 6.45) is 0. The summed E-state index contributed by atoms with van der Waals surface area (Å²) in [6, 6.07) is 18.3. The SMILES string of the molecule is Cc1ccc(/C(O)=C2\C(=O)C(=O)N(c3nc4ccc(C)cc4s3)C2c2cccc(O)c2)cc1. The van der Waals surface area contributed by atoms with Crippen LogP contribution in [0, 0.1) is 13.8 Å². The molecule has 1 saturated heterocycles. The van der Waals surface area contributed by atoms with E-state index in [2.05, 4.69) is 4.98 Å². The quantitative estimate of drug-likeness (QED) is 0.250. The fraction of sp³-hybridized carbons (Fsp3) is 0.115. The Balaban J connectivity index is 1.74. The first kappa shape index (κ1) is 20.9. The van der Waals surface area contributed by atoms with Crippen LogP contribution in [0.25, 0.3) is 16.0 Å². The third-order valence-electron chi connectivity index (χ3n) is 5.69. The van der Waals surface area contributed by atoms with E-state index in [0.29, 0.717) is 16.3 Å². The lowest BCUT2D eigenvalue weighted by Crippen LogP contribution is -2.29. The number of thiazole rings is 1. The molecule has 0 bridgehead atoms. The van der Waals surface area contributed by atoms with E-state index in [1.165, 1.54) is 28.4 Å². The zero-order valence-corrected chi connectivity index (χ0v) is 18.8. The van der Waals surface area contributed by atoms with E-state index in [-0.39, 0.29) is 17.1 Å². The summed E-state index contributed by atoms with van der Waals surface area (Å²) in [5.41, 5.74) is 3.67. The van der Waals surface area contributed by atoms with Crippen molar-refractivity contribution in [2.24, 2.45) is 0 Å². The van der Waals surface area contributed by atoms with Gasteiger partial charge in [0.05, 0.1) is 21.8 Å². The predicted octanol–water partition coefficient (Wildman–Crippen LogP) is 5.25. The number of aryl methyl sites for hydroxylation is 2. The molecule has 0 radical (unpaired) electrons. The van der Waals surface area contributed by atoms with Crippen LogP contribution in [0.15, 0.2) is 72.3 Å². The molecular formula is C26H20N2O4S. The number of phenols is 1. The monoisotopic (exact) mass is 456 g/mol. The maximum atomic E-state index is 13.3. The fourth-order valence-corrected chi connectivity index (χ4v) is 5.12. The molecule has 0 saturated carbocycles. The fourth-order valence-electron chi connectivity index (χ4n) is 4.03. The first-order valence-corrected chi connectivity index (χ1v) is 11.2. The zero-order valence-electron chi connectivity index (χ0n) is 17.9. The summed E-state index contributed by atoms with van der Waals surface area (Å²) >= 11 is 1.30. The second-order valence-electron chi connectivity index (χ2n) is 8.10. The molecule has 5 rings (SSSR count). The van der Waals surface area contributed by atoms with Crippen molar-refractivity contribution in [2.75, 3.05) is 4.90 Å². The highest BCUT2D eigenvalue weighted by molar-refractivity contribution is 7.22. The van der Waals surface area contributed by atoms with E-state index in [0.717, 1.165) is 21.3 Å². The Kier molecular flexibility index (Phi) is 4.98. The number of benzene rings is 3. The summed E-state index contributed by atoms with van der Waals surface area (Å²) < 4.78 is 0.889. The second-order valence-corrected chi connectivity index (χ2v) is 9.11. The molecular weight excluding hydrogens is 436 g/mol. The van der Waals surface area contributed by atoms with Gasteiger partial charge in [0.1, 0.15) is 11.5 Å². The first-order chi connectivity index (χ1) is 15.8. The second kappa shape index (κ2) is 7.86. The number of hydrogen-bond donors (Lipinski definition) is 2. The van der Waals surface area contributed by atoms with Gasteiger partial charge in [0.25, 0.3) is 5.78 Å². The molecule has 1 fully saturated rings. The van der Waals surface area contributed by atoms with Gasteiger partial charge in [-0.2, -0.15) is 0 Å². The lowest BCUT2D eigenvalue weighted by molar-refractivity contribution is -0.132. The number of aromatic nitrogens is 1. The Morgan fingerprint density at radius 2 is 1.70 bits per heavy atom. The van der Waals surface area contributed by atoms with Crippen molar-refractivity contribution < 1.29 is 19.8 Å². The average Bonchev–Trinajstić information content (AvgIpc) is 3.32. The number of aliphatic hydroxyl groups is 1. The van der Waals surface area contributed by atoms with Crippen LogP contribution in [-0.2, 0) is 9.59 Å². The van der Waals surface area contributed by atoms with Gasteiger partial charge in [0, 0.05) is 5.56 Å². The highest BCUT2D eigenvalue weighted by Crippen LogP contribution is 2.44. The van der Waals surface area contributed by atoms with Crippen LogP contribution in [0.1, 0.15) is 28.3 Å². The smallest absolute Gasteiger partial charge is 0.301 e. The average molecular weight is 457 g/mol. The van der Waals surface area contributed by atoms with E-state index < -0.39 is 17.7 Å². The van der Waals surface area contributed by atoms with Gasteiger partial charge in [-0.05, 0) is 49.2 Å². The maximum Gasteiger partial charge on any atom is 0.301 e. The number of hydrogen-bond acceptors (Lipinski definition) is 6. The minimum atomic E-state index is -0.930. The maximum absolute atomic E-state index is 13.3. The lowest BCUT2D eigenvalue weighted by atomic mass is 9.95. The van der Waals surface area contributed by atoms with Crippen molar-refractivity contribution in [1.29, 1.82) is 0 Å². The third kappa shape index (κ3) is 3.56. The molecule has 0 spiro atoms. The van der Waals surface area contributed by atoms with Crippen molar-refractivity contribution in [2.45, 2.75) is 19.9 Å². The molecule has 1 aliphatic rings. The highest BCUT2D eigenvalue weighted by atomic mass is 32.1. The van der Waals surface area contributed by atoms with Crippen LogP contribution in [-0.4, -0.2) is 26.9 Å². The molecule has 7 heteroatoms. The van der Waals surface area contributed by atoms with Crippen molar-refractivity contribution >= 4 is 44.1 Å². The zero-order chi connectivity index (χ0) is 23.3. The number of Topliss-reactive ketones (excluding diaryl/α,β-unsaturated/α-hetero) is 1. The van der Waals surface area contributed by atoms with Crippen molar-refractivity contribution in [3.05, 3.63) is 94.6 Å². The van der Waals surface area contributed by atoms with Crippen molar-refractivity contribution in [1.82, 2.24) is 4.98 Å². The molecule has 1 amide bonds. The molecule has 1 aliphatic heterocycles. The Hall–Kier alpha value is -3.97. The number of carbonyl (C=O) groups excluding carboxylic acids is 2. The number of fused-ring (bicyclic) bond motifs is 1. The minimum absolute atomic E-state index is 0.00616. The number of aromatic hydroxyl groups is 1. The Labute approximate surface area is 194 Å². The number of phenolic OH excluding ortho intramolecular Hbond substituents is 1. The highest BCUT2D eigenvalue weighted by Gasteiger charge is 2.48. The van der Waals surface area contributed by atoms with Crippen LogP contribution in [0.4, 0.5) is 5.13 Å². The number of carbonyl (C=O) groups is 2. The molecule has 4 aromatic rings. The van der Waals surface area contributed by atoms with E-state index in [1.54, 1.807) is 24.3 Å². The summed E-state index contributed by atoms with van der Waals surface area (Å²) in [5.74, 6) is -1.83. The third-order valence-corrected chi connectivity index (χ3v) is 6.71.